The molecule has 7 nitrogen and oxygen atoms in total. The monoisotopic (exact) mass is 572 g/mol. The largest absolute Gasteiger partial charge is 0.493 e. The molecule has 1 N–H and O–H groups in total. The van der Waals surface area contributed by atoms with Gasteiger partial charge in [-0.15, -0.1) is 35.3 Å². The molecular weight excluding hydrogens is 539 g/mol. The lowest BCUT2D eigenvalue weighted by Gasteiger charge is -2.27. The molecule has 2 aromatic rings. The number of aliphatic imine (C=N–C) groups is 1. The number of likely N-dealkylation sites (N-methyl/N-ethyl adjacent to an activating group) is 1. The van der Waals surface area contributed by atoms with Crippen molar-refractivity contribution in [3.8, 4) is 11.5 Å². The Balaban J connectivity index is 0.00000363. The lowest BCUT2D eigenvalue weighted by Crippen LogP contribution is -2.42. The summed E-state index contributed by atoms with van der Waals surface area (Å²) in [5.41, 5.74) is 2.45. The second-order valence-electron chi connectivity index (χ2n) is 7.52. The van der Waals surface area contributed by atoms with Crippen LogP contribution in [0.5, 0.6) is 11.5 Å². The van der Waals surface area contributed by atoms with Gasteiger partial charge < -0.3 is 24.6 Å². The SMILES string of the molecule is CN=C(NCCC(=O)N1CCc2sccc2C1)N(C)CCc1ccc(OC)c(OC)c1.I. The minimum absolute atomic E-state index is 0. The van der Waals surface area contributed by atoms with Crippen LogP contribution < -0.4 is 14.8 Å². The van der Waals surface area contributed by atoms with Gasteiger partial charge in [0, 0.05) is 51.6 Å². The molecule has 1 amide bonds. The zero-order chi connectivity index (χ0) is 22.2. The van der Waals surface area contributed by atoms with E-state index in [-0.39, 0.29) is 29.9 Å². The Bertz CT molecular complexity index is 918. The van der Waals surface area contributed by atoms with Crippen molar-refractivity contribution in [1.82, 2.24) is 15.1 Å². The second kappa shape index (κ2) is 12.9. The van der Waals surface area contributed by atoms with Gasteiger partial charge in [-0.05, 0) is 47.5 Å². The third kappa shape index (κ3) is 6.74. The molecule has 0 radical (unpaired) electrons. The van der Waals surface area contributed by atoms with E-state index < -0.39 is 0 Å². The predicted octanol–water partition coefficient (Wildman–Crippen LogP) is 3.41. The van der Waals surface area contributed by atoms with E-state index in [1.807, 2.05) is 30.1 Å². The second-order valence-corrected chi connectivity index (χ2v) is 8.52. The minimum Gasteiger partial charge on any atom is -0.493 e. The summed E-state index contributed by atoms with van der Waals surface area (Å²) >= 11 is 1.79. The van der Waals surface area contributed by atoms with Gasteiger partial charge >= 0.3 is 0 Å². The zero-order valence-corrected chi connectivity index (χ0v) is 22.4. The molecule has 0 aliphatic carbocycles. The number of hydrogen-bond donors (Lipinski definition) is 1. The van der Waals surface area contributed by atoms with Crippen LogP contribution in [0.3, 0.4) is 0 Å². The van der Waals surface area contributed by atoms with Crippen LogP contribution in [0.25, 0.3) is 0 Å². The van der Waals surface area contributed by atoms with Gasteiger partial charge in [0.1, 0.15) is 0 Å². The van der Waals surface area contributed by atoms with Gasteiger partial charge in [0.05, 0.1) is 14.2 Å². The number of nitrogens with zero attached hydrogens (tertiary/aromatic N) is 3. The van der Waals surface area contributed by atoms with Gasteiger partial charge in [-0.2, -0.15) is 0 Å². The first-order chi connectivity index (χ1) is 15.0. The molecule has 1 aliphatic heterocycles. The fourth-order valence-electron chi connectivity index (χ4n) is 3.72. The van der Waals surface area contributed by atoms with E-state index in [0.29, 0.717) is 13.0 Å². The lowest BCUT2D eigenvalue weighted by atomic mass is 10.1. The van der Waals surface area contributed by atoms with Crippen molar-refractivity contribution in [2.24, 2.45) is 4.99 Å². The average molecular weight is 573 g/mol. The highest BCUT2D eigenvalue weighted by Gasteiger charge is 2.21. The summed E-state index contributed by atoms with van der Waals surface area (Å²) < 4.78 is 10.7. The van der Waals surface area contributed by atoms with E-state index in [2.05, 4.69) is 26.7 Å². The first-order valence-corrected chi connectivity index (χ1v) is 11.4. The van der Waals surface area contributed by atoms with Gasteiger partial charge in [-0.3, -0.25) is 9.79 Å². The summed E-state index contributed by atoms with van der Waals surface area (Å²) in [5.74, 6) is 2.43. The number of ether oxygens (including phenoxy) is 2. The molecule has 0 saturated heterocycles. The molecule has 0 fully saturated rings. The molecule has 1 aliphatic rings. The quantitative estimate of drug-likeness (QED) is 0.299. The van der Waals surface area contributed by atoms with Crippen molar-refractivity contribution < 1.29 is 14.3 Å². The van der Waals surface area contributed by atoms with Crippen LogP contribution in [0, 0.1) is 0 Å². The predicted molar refractivity (Wildman–Crippen MR) is 141 cm³/mol. The molecule has 32 heavy (non-hydrogen) atoms. The third-order valence-electron chi connectivity index (χ3n) is 5.54. The van der Waals surface area contributed by atoms with Crippen molar-refractivity contribution in [3.05, 3.63) is 45.6 Å². The maximum Gasteiger partial charge on any atom is 0.224 e. The Kier molecular flexibility index (Phi) is 10.6. The highest BCUT2D eigenvalue weighted by molar-refractivity contribution is 14.0. The van der Waals surface area contributed by atoms with Crippen molar-refractivity contribution >= 4 is 47.2 Å². The first kappa shape index (κ1) is 26.2. The van der Waals surface area contributed by atoms with Crippen LogP contribution in [0.4, 0.5) is 0 Å². The first-order valence-electron chi connectivity index (χ1n) is 10.5. The van der Waals surface area contributed by atoms with Crippen LogP contribution in [0.15, 0.2) is 34.6 Å². The summed E-state index contributed by atoms with van der Waals surface area (Å²) in [6.07, 6.45) is 2.27. The van der Waals surface area contributed by atoms with Gasteiger partial charge in [0.15, 0.2) is 17.5 Å². The average Bonchev–Trinajstić information content (AvgIpc) is 3.27. The van der Waals surface area contributed by atoms with Crippen molar-refractivity contribution in [3.63, 3.8) is 0 Å². The number of guanidine groups is 1. The van der Waals surface area contributed by atoms with Crippen molar-refractivity contribution in [2.45, 2.75) is 25.8 Å². The molecule has 0 atom stereocenters. The number of rotatable bonds is 8. The Morgan fingerprint density at radius 1 is 1.25 bits per heavy atom. The number of methoxy groups -OCH3 is 2. The Hall–Kier alpha value is -2.01. The Morgan fingerprint density at radius 2 is 2.03 bits per heavy atom. The van der Waals surface area contributed by atoms with Crippen molar-refractivity contribution in [1.29, 1.82) is 0 Å². The van der Waals surface area contributed by atoms with Gasteiger partial charge in [-0.25, -0.2) is 0 Å². The molecule has 2 heterocycles. The topological polar surface area (TPSA) is 66.4 Å². The number of benzene rings is 1. The molecule has 0 unspecified atom stereocenters. The minimum atomic E-state index is 0. The van der Waals surface area contributed by atoms with E-state index in [0.717, 1.165) is 55.5 Å². The Morgan fingerprint density at radius 3 is 2.75 bits per heavy atom. The van der Waals surface area contributed by atoms with Gasteiger partial charge in [-0.1, -0.05) is 6.07 Å². The van der Waals surface area contributed by atoms with E-state index in [1.54, 1.807) is 32.6 Å². The maximum absolute atomic E-state index is 12.6. The molecule has 0 bridgehead atoms. The van der Waals surface area contributed by atoms with Crippen LogP contribution in [-0.2, 0) is 24.2 Å². The molecule has 9 heteroatoms. The number of thiophene rings is 1. The number of carbonyl (C=O) groups is 1. The normalized spacial score (nSPS) is 13.1. The zero-order valence-electron chi connectivity index (χ0n) is 19.2. The highest BCUT2D eigenvalue weighted by atomic mass is 127. The fourth-order valence-corrected chi connectivity index (χ4v) is 4.61. The van der Waals surface area contributed by atoms with Crippen LogP contribution in [0.1, 0.15) is 22.4 Å². The number of carbonyl (C=O) groups excluding carboxylic acids is 1. The molecule has 1 aromatic heterocycles. The number of hydrogen-bond acceptors (Lipinski definition) is 5. The summed E-state index contributed by atoms with van der Waals surface area (Å²) in [7, 11) is 7.04. The fraction of sp³-hybridized carbons (Fsp3) is 0.478. The van der Waals surface area contributed by atoms with E-state index in [9.17, 15) is 4.79 Å². The van der Waals surface area contributed by atoms with E-state index in [4.69, 9.17) is 9.47 Å². The summed E-state index contributed by atoms with van der Waals surface area (Å²) in [6, 6.07) is 8.10. The smallest absolute Gasteiger partial charge is 0.224 e. The molecule has 0 spiro atoms. The number of amides is 1. The molecular formula is C23H33IN4O3S. The lowest BCUT2D eigenvalue weighted by molar-refractivity contribution is -0.131. The summed E-state index contributed by atoms with van der Waals surface area (Å²) in [5, 5.41) is 5.43. The maximum atomic E-state index is 12.6. The molecule has 0 saturated carbocycles. The van der Waals surface area contributed by atoms with Crippen LogP contribution in [-0.4, -0.2) is 69.6 Å². The molecule has 3 rings (SSSR count). The van der Waals surface area contributed by atoms with Crippen LogP contribution >= 0.6 is 35.3 Å². The summed E-state index contributed by atoms with van der Waals surface area (Å²) in [4.78, 5) is 22.4. The number of halogens is 1. The van der Waals surface area contributed by atoms with Crippen molar-refractivity contribution in [2.75, 3.05) is 47.9 Å². The molecule has 1 aromatic carbocycles. The van der Waals surface area contributed by atoms with E-state index >= 15 is 0 Å². The van der Waals surface area contributed by atoms with E-state index in [1.165, 1.54) is 10.4 Å². The molecule has 176 valence electrons. The highest BCUT2D eigenvalue weighted by Crippen LogP contribution is 2.27. The van der Waals surface area contributed by atoms with Crippen LogP contribution in [0.2, 0.25) is 0 Å². The van der Waals surface area contributed by atoms with Gasteiger partial charge in [0.2, 0.25) is 5.91 Å². The van der Waals surface area contributed by atoms with Gasteiger partial charge in [0.25, 0.3) is 0 Å². The third-order valence-corrected chi connectivity index (χ3v) is 6.56. The summed E-state index contributed by atoms with van der Waals surface area (Å²) in [6.45, 7) is 2.90. The number of nitrogens with one attached hydrogen (secondary N) is 1. The number of fused-ring (bicyclic) bond motifs is 1. The standard InChI is InChI=1S/C23H32N4O3S.HI/c1-24-23(26(2)12-8-17-5-6-19(29-3)20(15-17)30-4)25-11-7-22(28)27-13-9-21-18(16-27)10-14-31-21;/h5-6,10,14-15H,7-9,11-13,16H2,1-4H3,(H,24,25);1H. The Labute approximate surface area is 211 Å².